The van der Waals surface area contributed by atoms with Gasteiger partial charge in [-0.25, -0.2) is 0 Å². The number of hydrogen-bond donors (Lipinski definition) is 1. The number of nitrogens with zero attached hydrogens (tertiary/aromatic N) is 2. The summed E-state index contributed by atoms with van der Waals surface area (Å²) in [6.45, 7) is 2.11. The molecule has 1 fully saturated rings. The number of hydrogen-bond acceptors (Lipinski definition) is 4. The van der Waals surface area contributed by atoms with E-state index >= 15 is 0 Å². The van der Waals surface area contributed by atoms with E-state index in [1.807, 2.05) is 7.05 Å². The van der Waals surface area contributed by atoms with E-state index in [-0.39, 0.29) is 6.04 Å². The van der Waals surface area contributed by atoms with Crippen LogP contribution in [0.5, 0.6) is 0 Å². The molecule has 1 N–H and O–H groups in total. The van der Waals surface area contributed by atoms with E-state index in [9.17, 15) is 0 Å². The molecule has 1 unspecified atom stereocenters. The van der Waals surface area contributed by atoms with Gasteiger partial charge in [-0.3, -0.25) is 0 Å². The molecule has 1 saturated carbocycles. The smallest absolute Gasteiger partial charge is 0.233 e. The van der Waals surface area contributed by atoms with Gasteiger partial charge in [-0.1, -0.05) is 19.8 Å². The summed E-state index contributed by atoms with van der Waals surface area (Å²) in [6.07, 6.45) is 7.30. The number of rotatable bonds is 5. The molecule has 16 heavy (non-hydrogen) atoms. The molecular formula is C12H21N3O. The monoisotopic (exact) mass is 223 g/mol. The fourth-order valence-corrected chi connectivity index (χ4v) is 2.45. The van der Waals surface area contributed by atoms with Gasteiger partial charge in [0.25, 0.3) is 0 Å². The summed E-state index contributed by atoms with van der Waals surface area (Å²) < 4.78 is 5.70. The van der Waals surface area contributed by atoms with Crippen LogP contribution in [-0.2, 0) is 6.42 Å². The van der Waals surface area contributed by atoms with Crippen LogP contribution in [0.3, 0.4) is 0 Å². The highest BCUT2D eigenvalue weighted by Crippen LogP contribution is 2.28. The lowest BCUT2D eigenvalue weighted by Gasteiger charge is -2.07. The first kappa shape index (κ1) is 11.6. The van der Waals surface area contributed by atoms with Crippen molar-refractivity contribution in [1.29, 1.82) is 0 Å². The first-order valence-electron chi connectivity index (χ1n) is 6.33. The van der Waals surface area contributed by atoms with E-state index in [0.717, 1.165) is 30.5 Å². The fraction of sp³-hybridized carbons (Fsp3) is 0.833. The molecule has 0 aliphatic heterocycles. The van der Waals surface area contributed by atoms with Gasteiger partial charge in [0.2, 0.25) is 11.8 Å². The van der Waals surface area contributed by atoms with Gasteiger partial charge in [0.05, 0.1) is 6.04 Å². The molecule has 4 nitrogen and oxygen atoms in total. The van der Waals surface area contributed by atoms with Crippen molar-refractivity contribution in [2.75, 3.05) is 7.05 Å². The molecule has 4 heteroatoms. The van der Waals surface area contributed by atoms with Crippen molar-refractivity contribution in [2.24, 2.45) is 5.92 Å². The summed E-state index contributed by atoms with van der Waals surface area (Å²) in [5.41, 5.74) is 0. The third-order valence-corrected chi connectivity index (χ3v) is 3.48. The highest BCUT2D eigenvalue weighted by atomic mass is 16.4. The molecule has 1 atom stereocenters. The van der Waals surface area contributed by atoms with E-state index in [4.69, 9.17) is 4.42 Å². The molecule has 0 saturated heterocycles. The minimum Gasteiger partial charge on any atom is -0.424 e. The molecule has 1 aliphatic rings. The Kier molecular flexibility index (Phi) is 3.93. The lowest BCUT2D eigenvalue weighted by Crippen LogP contribution is -2.15. The number of nitrogens with one attached hydrogen (secondary N) is 1. The Morgan fingerprint density at radius 2 is 2.12 bits per heavy atom. The van der Waals surface area contributed by atoms with Crippen LogP contribution < -0.4 is 5.32 Å². The predicted octanol–water partition coefficient (Wildman–Crippen LogP) is 2.47. The second-order valence-corrected chi connectivity index (χ2v) is 4.64. The largest absolute Gasteiger partial charge is 0.424 e. The molecular weight excluding hydrogens is 202 g/mol. The Bertz CT molecular complexity index is 314. The van der Waals surface area contributed by atoms with Crippen molar-refractivity contribution in [3.05, 3.63) is 11.8 Å². The van der Waals surface area contributed by atoms with Crippen LogP contribution in [0.2, 0.25) is 0 Å². The van der Waals surface area contributed by atoms with Crippen molar-refractivity contribution in [3.63, 3.8) is 0 Å². The fourth-order valence-electron chi connectivity index (χ4n) is 2.45. The highest BCUT2D eigenvalue weighted by Gasteiger charge is 2.20. The third-order valence-electron chi connectivity index (χ3n) is 3.48. The van der Waals surface area contributed by atoms with Gasteiger partial charge in [0.15, 0.2) is 0 Å². The molecule has 0 aromatic carbocycles. The lowest BCUT2D eigenvalue weighted by molar-refractivity contribution is 0.367. The Morgan fingerprint density at radius 3 is 2.75 bits per heavy atom. The quantitative estimate of drug-likeness (QED) is 0.833. The normalized spacial score (nSPS) is 19.1. The van der Waals surface area contributed by atoms with Gasteiger partial charge in [0.1, 0.15) is 0 Å². The molecule has 0 bridgehead atoms. The molecule has 1 aliphatic carbocycles. The minimum absolute atomic E-state index is 0.199. The van der Waals surface area contributed by atoms with E-state index < -0.39 is 0 Å². The average molecular weight is 223 g/mol. The second-order valence-electron chi connectivity index (χ2n) is 4.64. The van der Waals surface area contributed by atoms with E-state index in [2.05, 4.69) is 22.4 Å². The predicted molar refractivity (Wildman–Crippen MR) is 62.1 cm³/mol. The summed E-state index contributed by atoms with van der Waals surface area (Å²) in [5, 5.41) is 11.4. The molecule has 1 aromatic heterocycles. The minimum atomic E-state index is 0.199. The number of aromatic nitrogens is 2. The van der Waals surface area contributed by atoms with Crippen molar-refractivity contribution < 1.29 is 4.42 Å². The zero-order valence-electron chi connectivity index (χ0n) is 10.2. The van der Waals surface area contributed by atoms with Crippen molar-refractivity contribution in [1.82, 2.24) is 15.5 Å². The second kappa shape index (κ2) is 5.43. The van der Waals surface area contributed by atoms with Gasteiger partial charge < -0.3 is 9.73 Å². The SMILES string of the molecule is CCC(NC)c1nnc(CC2CCCC2)o1. The first-order chi connectivity index (χ1) is 7.83. The maximum absolute atomic E-state index is 5.70. The summed E-state index contributed by atoms with van der Waals surface area (Å²) in [7, 11) is 1.93. The van der Waals surface area contributed by atoms with Crippen LogP contribution >= 0.6 is 0 Å². The summed E-state index contributed by atoms with van der Waals surface area (Å²) in [5.74, 6) is 2.32. The maximum atomic E-state index is 5.70. The van der Waals surface area contributed by atoms with Gasteiger partial charge in [-0.15, -0.1) is 10.2 Å². The maximum Gasteiger partial charge on any atom is 0.233 e. The van der Waals surface area contributed by atoms with Crippen LogP contribution in [0, 0.1) is 5.92 Å². The van der Waals surface area contributed by atoms with Crippen LogP contribution in [0.1, 0.15) is 56.9 Å². The summed E-state index contributed by atoms with van der Waals surface area (Å²) in [4.78, 5) is 0. The van der Waals surface area contributed by atoms with Crippen LogP contribution in [0.15, 0.2) is 4.42 Å². The molecule has 1 aromatic rings. The van der Waals surface area contributed by atoms with Crippen LogP contribution in [0.4, 0.5) is 0 Å². The molecule has 2 rings (SSSR count). The molecule has 1 heterocycles. The molecule has 0 amide bonds. The molecule has 0 radical (unpaired) electrons. The van der Waals surface area contributed by atoms with E-state index in [1.54, 1.807) is 0 Å². The average Bonchev–Trinajstić information content (AvgIpc) is 2.93. The first-order valence-corrected chi connectivity index (χ1v) is 6.33. The summed E-state index contributed by atoms with van der Waals surface area (Å²) in [6, 6.07) is 0.199. The Labute approximate surface area is 96.8 Å². The van der Waals surface area contributed by atoms with E-state index in [1.165, 1.54) is 25.7 Å². The Hall–Kier alpha value is -0.900. The molecule has 0 spiro atoms. The standard InChI is InChI=1S/C12H21N3O/c1-3-10(13-2)12-15-14-11(16-12)8-9-6-4-5-7-9/h9-10,13H,3-8H2,1-2H3. The van der Waals surface area contributed by atoms with Gasteiger partial charge in [0, 0.05) is 6.42 Å². The zero-order chi connectivity index (χ0) is 11.4. The highest BCUT2D eigenvalue weighted by molar-refractivity contribution is 4.90. The van der Waals surface area contributed by atoms with Gasteiger partial charge in [-0.05, 0) is 32.2 Å². The lowest BCUT2D eigenvalue weighted by atomic mass is 10.0. The summed E-state index contributed by atoms with van der Waals surface area (Å²) >= 11 is 0. The van der Waals surface area contributed by atoms with Crippen LogP contribution in [-0.4, -0.2) is 17.2 Å². The topological polar surface area (TPSA) is 51.0 Å². The van der Waals surface area contributed by atoms with Crippen molar-refractivity contribution in [2.45, 2.75) is 51.5 Å². The van der Waals surface area contributed by atoms with Crippen molar-refractivity contribution >= 4 is 0 Å². The van der Waals surface area contributed by atoms with Crippen LogP contribution in [0.25, 0.3) is 0 Å². The third kappa shape index (κ3) is 2.61. The Morgan fingerprint density at radius 1 is 1.38 bits per heavy atom. The van der Waals surface area contributed by atoms with Crippen molar-refractivity contribution in [3.8, 4) is 0 Å². The van der Waals surface area contributed by atoms with Gasteiger partial charge in [-0.2, -0.15) is 0 Å². The van der Waals surface area contributed by atoms with E-state index in [0.29, 0.717) is 0 Å². The Balaban J connectivity index is 1.95. The van der Waals surface area contributed by atoms with Gasteiger partial charge >= 0.3 is 0 Å². The molecule has 90 valence electrons. The zero-order valence-corrected chi connectivity index (χ0v) is 10.2.